The summed E-state index contributed by atoms with van der Waals surface area (Å²) in [5.41, 5.74) is -0.361. The molecule has 0 amide bonds. The van der Waals surface area contributed by atoms with Crippen molar-refractivity contribution in [3.05, 3.63) is 40.4 Å². The van der Waals surface area contributed by atoms with Gasteiger partial charge in [-0.05, 0) is 12.1 Å². The fourth-order valence-corrected chi connectivity index (χ4v) is 3.37. The highest BCUT2D eigenvalue weighted by Crippen LogP contribution is 2.31. The van der Waals surface area contributed by atoms with Crippen LogP contribution >= 0.6 is 23.2 Å². The summed E-state index contributed by atoms with van der Waals surface area (Å²) in [6.45, 7) is 3.50. The molecule has 0 aromatic heterocycles. The van der Waals surface area contributed by atoms with Gasteiger partial charge in [-0.1, -0.05) is 29.3 Å². The van der Waals surface area contributed by atoms with Crippen LogP contribution < -0.4 is 0 Å². The zero-order chi connectivity index (χ0) is 14.8. The van der Waals surface area contributed by atoms with Crippen LogP contribution in [0.5, 0.6) is 0 Å². The molecule has 0 atom stereocenters. The van der Waals surface area contributed by atoms with E-state index in [-0.39, 0.29) is 27.0 Å². The molecule has 0 radical (unpaired) electrons. The van der Waals surface area contributed by atoms with E-state index in [9.17, 15) is 13.2 Å². The molecule has 0 aliphatic rings. The maximum absolute atomic E-state index is 12.2. The molecule has 1 N–H and O–H groups in total. The summed E-state index contributed by atoms with van der Waals surface area (Å²) in [6, 6.07) is 2.21. The van der Waals surface area contributed by atoms with Crippen molar-refractivity contribution in [1.82, 2.24) is 4.31 Å². The van der Waals surface area contributed by atoms with E-state index in [0.717, 1.165) is 16.4 Å². The minimum Gasteiger partial charge on any atom is -0.478 e. The molecule has 0 aliphatic carbocycles. The molecule has 1 aromatic carbocycles. The molecule has 0 fully saturated rings. The minimum atomic E-state index is -3.93. The Balaban J connectivity index is 3.51. The van der Waals surface area contributed by atoms with Crippen LogP contribution in [0.2, 0.25) is 10.0 Å². The molecule has 0 spiro atoms. The van der Waals surface area contributed by atoms with Gasteiger partial charge in [-0.15, -0.1) is 6.58 Å². The molecule has 8 heteroatoms. The highest BCUT2D eigenvalue weighted by molar-refractivity contribution is 7.89. The van der Waals surface area contributed by atoms with Crippen molar-refractivity contribution >= 4 is 39.2 Å². The number of halogens is 2. The second-order valence-electron chi connectivity index (χ2n) is 3.64. The molecule has 104 valence electrons. The average Bonchev–Trinajstić information content (AvgIpc) is 2.31. The number of carboxylic acids is 1. The van der Waals surface area contributed by atoms with Gasteiger partial charge in [-0.2, -0.15) is 4.31 Å². The number of aromatic carboxylic acids is 1. The van der Waals surface area contributed by atoms with Gasteiger partial charge >= 0.3 is 5.97 Å². The van der Waals surface area contributed by atoms with Crippen LogP contribution in [0.25, 0.3) is 0 Å². The summed E-state index contributed by atoms with van der Waals surface area (Å²) in [6.07, 6.45) is 1.40. The van der Waals surface area contributed by atoms with Crippen molar-refractivity contribution in [2.45, 2.75) is 4.90 Å². The summed E-state index contributed by atoms with van der Waals surface area (Å²) >= 11 is 11.6. The third-order valence-corrected chi connectivity index (χ3v) is 4.89. The Kier molecular flexibility index (Phi) is 4.98. The largest absolute Gasteiger partial charge is 0.478 e. The summed E-state index contributed by atoms with van der Waals surface area (Å²) < 4.78 is 25.4. The van der Waals surface area contributed by atoms with Crippen LogP contribution in [0, 0.1) is 0 Å². The number of sulfonamides is 1. The standard InChI is InChI=1S/C11H11Cl2NO4S/c1-3-4-14(2)19(17,18)9-6-7(12)5-8(10(9)13)11(15)16/h3,5-6H,1,4H2,2H3,(H,15,16). The Labute approximate surface area is 121 Å². The third kappa shape index (κ3) is 3.27. The third-order valence-electron chi connectivity index (χ3n) is 2.31. The molecule has 1 aromatic rings. The number of rotatable bonds is 5. The molecule has 0 aliphatic heterocycles. The lowest BCUT2D eigenvalue weighted by Crippen LogP contribution is -2.27. The van der Waals surface area contributed by atoms with Crippen LogP contribution in [-0.4, -0.2) is 37.4 Å². The molecule has 0 unspecified atom stereocenters. The van der Waals surface area contributed by atoms with E-state index in [4.69, 9.17) is 28.3 Å². The lowest BCUT2D eigenvalue weighted by molar-refractivity contribution is 0.0697. The second-order valence-corrected chi connectivity index (χ2v) is 6.47. The van der Waals surface area contributed by atoms with Crippen molar-refractivity contribution in [1.29, 1.82) is 0 Å². The quantitative estimate of drug-likeness (QED) is 0.845. The van der Waals surface area contributed by atoms with Crippen molar-refractivity contribution in [3.8, 4) is 0 Å². The Morgan fingerprint density at radius 3 is 2.53 bits per heavy atom. The predicted octanol–water partition coefficient (Wildman–Crippen LogP) is 2.50. The summed E-state index contributed by atoms with van der Waals surface area (Å²) in [4.78, 5) is 10.6. The molecule has 0 bridgehead atoms. The molecular formula is C11H11Cl2NO4S. The Bertz CT molecular complexity index is 628. The molecule has 5 nitrogen and oxygen atoms in total. The molecule has 1 rings (SSSR count). The van der Waals surface area contributed by atoms with E-state index >= 15 is 0 Å². The first-order valence-electron chi connectivity index (χ1n) is 5.01. The first-order chi connectivity index (χ1) is 8.71. The van der Waals surface area contributed by atoms with Gasteiger partial charge in [0.15, 0.2) is 0 Å². The minimum absolute atomic E-state index is 0.0209. The highest BCUT2D eigenvalue weighted by Gasteiger charge is 2.26. The van der Waals surface area contributed by atoms with Gasteiger partial charge in [0.2, 0.25) is 10.0 Å². The molecule has 0 saturated heterocycles. The Hall–Kier alpha value is -1.08. The van der Waals surface area contributed by atoms with Crippen molar-refractivity contribution in [3.63, 3.8) is 0 Å². The van der Waals surface area contributed by atoms with E-state index in [1.54, 1.807) is 0 Å². The molecular weight excluding hydrogens is 313 g/mol. The fourth-order valence-electron chi connectivity index (χ4n) is 1.36. The van der Waals surface area contributed by atoms with Crippen LogP contribution in [0.15, 0.2) is 29.7 Å². The summed E-state index contributed by atoms with van der Waals surface area (Å²) in [5, 5.41) is 8.57. The lowest BCUT2D eigenvalue weighted by Gasteiger charge is -2.17. The van der Waals surface area contributed by atoms with Gasteiger partial charge < -0.3 is 5.11 Å². The first-order valence-corrected chi connectivity index (χ1v) is 7.21. The Morgan fingerprint density at radius 2 is 2.05 bits per heavy atom. The van der Waals surface area contributed by atoms with Gasteiger partial charge in [-0.25, -0.2) is 13.2 Å². The van der Waals surface area contributed by atoms with Gasteiger partial charge in [0.05, 0.1) is 10.6 Å². The van der Waals surface area contributed by atoms with Gasteiger partial charge in [-0.3, -0.25) is 0 Å². The molecule has 19 heavy (non-hydrogen) atoms. The van der Waals surface area contributed by atoms with E-state index < -0.39 is 16.0 Å². The maximum atomic E-state index is 12.2. The van der Waals surface area contributed by atoms with Gasteiger partial charge in [0.1, 0.15) is 4.90 Å². The van der Waals surface area contributed by atoms with Gasteiger partial charge in [0.25, 0.3) is 0 Å². The van der Waals surface area contributed by atoms with Crippen molar-refractivity contribution in [2.24, 2.45) is 0 Å². The van der Waals surface area contributed by atoms with Crippen LogP contribution in [-0.2, 0) is 10.0 Å². The maximum Gasteiger partial charge on any atom is 0.337 e. The number of nitrogens with zero attached hydrogens (tertiary/aromatic N) is 1. The number of hydrogen-bond acceptors (Lipinski definition) is 3. The van der Waals surface area contributed by atoms with E-state index in [2.05, 4.69) is 6.58 Å². The number of carbonyl (C=O) groups is 1. The predicted molar refractivity (Wildman–Crippen MR) is 73.4 cm³/mol. The second kappa shape index (κ2) is 5.92. The summed E-state index contributed by atoms with van der Waals surface area (Å²) in [7, 11) is -2.60. The smallest absolute Gasteiger partial charge is 0.337 e. The fraction of sp³-hybridized carbons (Fsp3) is 0.182. The van der Waals surface area contributed by atoms with Gasteiger partial charge in [0, 0.05) is 18.6 Å². The van der Waals surface area contributed by atoms with Crippen LogP contribution in [0.1, 0.15) is 10.4 Å². The Morgan fingerprint density at radius 1 is 1.47 bits per heavy atom. The van der Waals surface area contributed by atoms with E-state index in [1.165, 1.54) is 13.1 Å². The number of carboxylic acid groups (broad SMARTS) is 1. The normalized spacial score (nSPS) is 11.6. The number of likely N-dealkylation sites (N-methyl/N-ethyl adjacent to an activating group) is 1. The number of hydrogen-bond donors (Lipinski definition) is 1. The highest BCUT2D eigenvalue weighted by atomic mass is 35.5. The van der Waals surface area contributed by atoms with E-state index in [0.29, 0.717) is 0 Å². The van der Waals surface area contributed by atoms with Crippen molar-refractivity contribution in [2.75, 3.05) is 13.6 Å². The first kappa shape index (κ1) is 16.0. The van der Waals surface area contributed by atoms with E-state index in [1.807, 2.05) is 0 Å². The SMILES string of the molecule is C=CCN(C)S(=O)(=O)c1cc(Cl)cc(C(=O)O)c1Cl. The molecule has 0 saturated carbocycles. The number of benzene rings is 1. The van der Waals surface area contributed by atoms with Crippen molar-refractivity contribution < 1.29 is 18.3 Å². The topological polar surface area (TPSA) is 74.7 Å². The molecule has 0 heterocycles. The average molecular weight is 324 g/mol. The summed E-state index contributed by atoms with van der Waals surface area (Å²) in [5.74, 6) is -1.35. The zero-order valence-electron chi connectivity index (χ0n) is 9.93. The van der Waals surface area contributed by atoms with Crippen LogP contribution in [0.3, 0.4) is 0 Å². The zero-order valence-corrected chi connectivity index (χ0v) is 12.3. The monoisotopic (exact) mass is 323 g/mol. The lowest BCUT2D eigenvalue weighted by atomic mass is 10.2. The van der Waals surface area contributed by atoms with Crippen LogP contribution in [0.4, 0.5) is 0 Å².